The van der Waals surface area contributed by atoms with E-state index >= 15 is 0 Å². The number of aromatic nitrogens is 1. The Morgan fingerprint density at radius 3 is 3.06 bits per heavy atom. The van der Waals surface area contributed by atoms with Gasteiger partial charge in [0.2, 0.25) is 5.78 Å². The van der Waals surface area contributed by atoms with Crippen LogP contribution >= 0.6 is 11.3 Å². The molecule has 0 radical (unpaired) electrons. The van der Waals surface area contributed by atoms with E-state index in [2.05, 4.69) is 4.98 Å². The lowest BCUT2D eigenvalue weighted by Gasteiger charge is -2.11. The quantitative estimate of drug-likeness (QED) is 0.818. The highest BCUT2D eigenvalue weighted by Crippen LogP contribution is 2.21. The molecule has 0 aliphatic carbocycles. The number of rotatable bonds is 3. The standard InChI is InChI=1S/C11H14N2O2S/c1-7(12)11-13-9(6-16-11)10(14)8-3-2-4-15-5-8/h5-7H,2-4,12H2,1H3. The Kier molecular flexibility index (Phi) is 3.36. The van der Waals surface area contributed by atoms with Gasteiger partial charge in [-0.1, -0.05) is 0 Å². The zero-order chi connectivity index (χ0) is 11.5. The highest BCUT2D eigenvalue weighted by atomic mass is 32.1. The molecular formula is C11H14N2O2S. The summed E-state index contributed by atoms with van der Waals surface area (Å²) < 4.78 is 5.15. The molecule has 1 atom stereocenters. The third-order valence-corrected chi connectivity index (χ3v) is 3.42. The highest BCUT2D eigenvalue weighted by molar-refractivity contribution is 7.09. The third kappa shape index (κ3) is 2.31. The number of thiazole rings is 1. The fourth-order valence-corrected chi connectivity index (χ4v) is 2.25. The summed E-state index contributed by atoms with van der Waals surface area (Å²) in [6, 6.07) is -0.122. The summed E-state index contributed by atoms with van der Waals surface area (Å²) >= 11 is 1.42. The number of hydrogen-bond acceptors (Lipinski definition) is 5. The first-order valence-corrected chi connectivity index (χ1v) is 6.13. The largest absolute Gasteiger partial charge is 0.501 e. The highest BCUT2D eigenvalue weighted by Gasteiger charge is 2.18. The molecule has 1 aromatic heterocycles. The molecule has 2 heterocycles. The first-order valence-electron chi connectivity index (χ1n) is 5.25. The van der Waals surface area contributed by atoms with Gasteiger partial charge in [0.05, 0.1) is 18.9 Å². The minimum atomic E-state index is -0.122. The minimum absolute atomic E-state index is 0.0390. The van der Waals surface area contributed by atoms with Crippen molar-refractivity contribution in [3.63, 3.8) is 0 Å². The second-order valence-corrected chi connectivity index (χ2v) is 4.70. The lowest BCUT2D eigenvalue weighted by Crippen LogP contribution is -2.10. The summed E-state index contributed by atoms with van der Waals surface area (Å²) in [6.45, 7) is 2.55. The molecule has 1 aromatic rings. The SMILES string of the molecule is CC(N)c1nc(C(=O)C2=COCCC2)cs1. The zero-order valence-electron chi connectivity index (χ0n) is 9.10. The minimum Gasteiger partial charge on any atom is -0.501 e. The van der Waals surface area contributed by atoms with Gasteiger partial charge in [0.15, 0.2) is 0 Å². The van der Waals surface area contributed by atoms with Gasteiger partial charge in [-0.2, -0.15) is 0 Å². The molecule has 2 rings (SSSR count). The van der Waals surface area contributed by atoms with Crippen molar-refractivity contribution in [2.75, 3.05) is 6.61 Å². The van der Waals surface area contributed by atoms with Gasteiger partial charge in [-0.05, 0) is 19.8 Å². The van der Waals surface area contributed by atoms with Crippen LogP contribution in [-0.4, -0.2) is 17.4 Å². The van der Waals surface area contributed by atoms with E-state index in [9.17, 15) is 4.79 Å². The van der Waals surface area contributed by atoms with Crippen molar-refractivity contribution >= 4 is 17.1 Å². The van der Waals surface area contributed by atoms with Crippen molar-refractivity contribution in [1.82, 2.24) is 4.98 Å². The van der Waals surface area contributed by atoms with Crippen LogP contribution in [0, 0.1) is 0 Å². The first-order chi connectivity index (χ1) is 7.68. The lowest BCUT2D eigenvalue weighted by atomic mass is 10.0. The van der Waals surface area contributed by atoms with Gasteiger partial charge in [-0.3, -0.25) is 4.79 Å². The van der Waals surface area contributed by atoms with E-state index in [4.69, 9.17) is 10.5 Å². The van der Waals surface area contributed by atoms with Crippen molar-refractivity contribution < 1.29 is 9.53 Å². The average molecular weight is 238 g/mol. The first kappa shape index (κ1) is 11.3. The van der Waals surface area contributed by atoms with Crippen molar-refractivity contribution in [3.8, 4) is 0 Å². The average Bonchev–Trinajstić information content (AvgIpc) is 2.78. The van der Waals surface area contributed by atoms with Gasteiger partial charge in [0.1, 0.15) is 10.7 Å². The topological polar surface area (TPSA) is 65.2 Å². The van der Waals surface area contributed by atoms with E-state index in [1.54, 1.807) is 11.6 Å². The maximum Gasteiger partial charge on any atom is 0.211 e. The number of carbonyl (C=O) groups is 1. The van der Waals surface area contributed by atoms with Crippen LogP contribution < -0.4 is 5.73 Å². The maximum absolute atomic E-state index is 12.0. The molecule has 5 heteroatoms. The van der Waals surface area contributed by atoms with Crippen LogP contribution in [0.4, 0.5) is 0 Å². The number of nitrogens with zero attached hydrogens (tertiary/aromatic N) is 1. The van der Waals surface area contributed by atoms with Crippen LogP contribution in [0.3, 0.4) is 0 Å². The van der Waals surface area contributed by atoms with Gasteiger partial charge in [0.25, 0.3) is 0 Å². The van der Waals surface area contributed by atoms with Crippen LogP contribution in [0.2, 0.25) is 0 Å². The molecule has 0 fully saturated rings. The molecule has 0 amide bonds. The Hall–Kier alpha value is -1.20. The Morgan fingerprint density at radius 2 is 2.50 bits per heavy atom. The van der Waals surface area contributed by atoms with Crippen molar-refractivity contribution in [3.05, 3.63) is 27.9 Å². The molecule has 1 unspecified atom stereocenters. The second kappa shape index (κ2) is 4.76. The van der Waals surface area contributed by atoms with Gasteiger partial charge < -0.3 is 10.5 Å². The van der Waals surface area contributed by atoms with Crippen LogP contribution in [-0.2, 0) is 4.74 Å². The van der Waals surface area contributed by atoms with Crippen molar-refractivity contribution in [2.24, 2.45) is 5.73 Å². The van der Waals surface area contributed by atoms with Crippen LogP contribution in [0.5, 0.6) is 0 Å². The van der Waals surface area contributed by atoms with E-state index in [-0.39, 0.29) is 11.8 Å². The normalized spacial score (nSPS) is 17.5. The number of nitrogens with two attached hydrogens (primary N) is 1. The molecule has 4 nitrogen and oxygen atoms in total. The molecule has 0 spiro atoms. The number of Topliss-reactive ketones (excluding diaryl/α,β-unsaturated/α-hetero) is 1. The third-order valence-electron chi connectivity index (χ3n) is 2.37. The van der Waals surface area contributed by atoms with Crippen LogP contribution in [0.1, 0.15) is 41.3 Å². The Bertz CT molecular complexity index is 423. The monoisotopic (exact) mass is 238 g/mol. The lowest BCUT2D eigenvalue weighted by molar-refractivity contribution is 0.101. The van der Waals surface area contributed by atoms with Crippen molar-refractivity contribution in [1.29, 1.82) is 0 Å². The number of ether oxygens (including phenoxy) is 1. The summed E-state index contributed by atoms with van der Waals surface area (Å²) in [5.74, 6) is -0.0390. The van der Waals surface area contributed by atoms with Gasteiger partial charge in [0, 0.05) is 11.0 Å². The zero-order valence-corrected chi connectivity index (χ0v) is 9.92. The number of ketones is 1. The smallest absolute Gasteiger partial charge is 0.211 e. The van der Waals surface area contributed by atoms with Crippen molar-refractivity contribution in [2.45, 2.75) is 25.8 Å². The van der Waals surface area contributed by atoms with E-state index in [1.165, 1.54) is 11.3 Å². The number of carbonyl (C=O) groups excluding carboxylic acids is 1. The van der Waals surface area contributed by atoms with E-state index in [0.717, 1.165) is 17.8 Å². The predicted octanol–water partition coefficient (Wildman–Crippen LogP) is 2.04. The van der Waals surface area contributed by atoms with Gasteiger partial charge in [-0.15, -0.1) is 11.3 Å². The van der Waals surface area contributed by atoms with Gasteiger partial charge in [-0.25, -0.2) is 4.98 Å². The molecule has 0 saturated heterocycles. The Balaban J connectivity index is 2.17. The molecule has 1 aliphatic rings. The maximum atomic E-state index is 12.0. The molecular weight excluding hydrogens is 224 g/mol. The summed E-state index contributed by atoms with van der Waals surface area (Å²) in [6.07, 6.45) is 3.21. The second-order valence-electron chi connectivity index (χ2n) is 3.81. The summed E-state index contributed by atoms with van der Waals surface area (Å²) in [7, 11) is 0. The fraction of sp³-hybridized carbons (Fsp3) is 0.455. The molecule has 0 saturated carbocycles. The molecule has 1 aliphatic heterocycles. The van der Waals surface area contributed by atoms with E-state index < -0.39 is 0 Å². The molecule has 0 aromatic carbocycles. The van der Waals surface area contributed by atoms with Crippen LogP contribution in [0.25, 0.3) is 0 Å². The number of hydrogen-bond donors (Lipinski definition) is 1. The molecule has 0 bridgehead atoms. The molecule has 86 valence electrons. The number of allylic oxidation sites excluding steroid dienone is 1. The molecule has 2 N–H and O–H groups in total. The molecule has 16 heavy (non-hydrogen) atoms. The van der Waals surface area contributed by atoms with Gasteiger partial charge >= 0.3 is 0 Å². The summed E-state index contributed by atoms with van der Waals surface area (Å²) in [5.41, 5.74) is 6.89. The van der Waals surface area contributed by atoms with E-state index in [0.29, 0.717) is 17.9 Å². The summed E-state index contributed by atoms with van der Waals surface area (Å²) in [5, 5.41) is 2.55. The summed E-state index contributed by atoms with van der Waals surface area (Å²) in [4.78, 5) is 16.2. The Morgan fingerprint density at radius 1 is 1.69 bits per heavy atom. The van der Waals surface area contributed by atoms with Crippen LogP contribution in [0.15, 0.2) is 17.2 Å². The van der Waals surface area contributed by atoms with E-state index in [1.807, 2.05) is 6.92 Å². The fourth-order valence-electron chi connectivity index (χ4n) is 1.50. The predicted molar refractivity (Wildman–Crippen MR) is 62.3 cm³/mol. The Labute approximate surface area is 98.1 Å².